The molecule has 3 aliphatic rings. The summed E-state index contributed by atoms with van der Waals surface area (Å²) in [5.74, 6) is -1.76. The molecule has 5 nitrogen and oxygen atoms in total. The molecule has 158 valence electrons. The molecule has 3 aliphatic heterocycles. The Hall–Kier alpha value is -2.92. The van der Waals surface area contributed by atoms with Crippen molar-refractivity contribution in [2.75, 3.05) is 11.4 Å². The summed E-state index contributed by atoms with van der Waals surface area (Å²) in [6.45, 7) is 2.44. The Morgan fingerprint density at radius 2 is 1.77 bits per heavy atom. The number of Topliss-reactive ketones (excluding diaryl/α,β-unsaturated/α-hetero) is 1. The van der Waals surface area contributed by atoms with E-state index in [2.05, 4.69) is 0 Å². The van der Waals surface area contributed by atoms with Crippen LogP contribution in [0.25, 0.3) is 6.08 Å². The van der Waals surface area contributed by atoms with Gasteiger partial charge in [0.1, 0.15) is 6.04 Å². The number of halogens is 1. The van der Waals surface area contributed by atoms with Gasteiger partial charge < -0.3 is 4.90 Å². The third-order valence-electron chi connectivity index (χ3n) is 6.62. The van der Waals surface area contributed by atoms with Crippen molar-refractivity contribution in [3.8, 4) is 0 Å². The van der Waals surface area contributed by atoms with Gasteiger partial charge in [0.2, 0.25) is 11.8 Å². The van der Waals surface area contributed by atoms with Crippen molar-refractivity contribution in [1.82, 2.24) is 4.90 Å². The molecule has 0 saturated carbocycles. The van der Waals surface area contributed by atoms with Crippen LogP contribution in [0.4, 0.5) is 5.69 Å². The highest BCUT2D eigenvalue weighted by molar-refractivity contribution is 6.30. The zero-order valence-corrected chi connectivity index (χ0v) is 18.0. The van der Waals surface area contributed by atoms with Crippen LogP contribution < -0.4 is 4.90 Å². The fourth-order valence-corrected chi connectivity index (χ4v) is 5.40. The quantitative estimate of drug-likeness (QED) is 0.522. The molecule has 4 atom stereocenters. The Bertz CT molecular complexity index is 1100. The molecule has 2 fully saturated rings. The molecule has 0 unspecified atom stereocenters. The van der Waals surface area contributed by atoms with Gasteiger partial charge in [-0.3, -0.25) is 19.3 Å². The van der Waals surface area contributed by atoms with Gasteiger partial charge in [-0.1, -0.05) is 67.4 Å². The van der Waals surface area contributed by atoms with Crippen molar-refractivity contribution in [1.29, 1.82) is 0 Å². The van der Waals surface area contributed by atoms with Crippen molar-refractivity contribution in [2.24, 2.45) is 11.8 Å². The topological polar surface area (TPSA) is 57.7 Å². The molecule has 2 saturated heterocycles. The fraction of sp³-hybridized carbons (Fsp3) is 0.320. The molecule has 3 heterocycles. The second kappa shape index (κ2) is 7.65. The highest BCUT2D eigenvalue weighted by atomic mass is 35.5. The Morgan fingerprint density at radius 3 is 2.52 bits per heavy atom. The number of fused-ring (bicyclic) bond motifs is 5. The number of benzene rings is 2. The molecule has 6 heteroatoms. The molecule has 5 rings (SSSR count). The van der Waals surface area contributed by atoms with Crippen LogP contribution in [0, 0.1) is 11.8 Å². The number of carbonyl (C=O) groups is 3. The van der Waals surface area contributed by atoms with Crippen LogP contribution >= 0.6 is 11.6 Å². The monoisotopic (exact) mass is 434 g/mol. The van der Waals surface area contributed by atoms with Gasteiger partial charge in [-0.2, -0.15) is 0 Å². The standard InChI is InChI=1S/C25H23ClN2O3/c1-2-3-13-27-24(30)20-19-11-9-16-14-17(26)10-12-18(16)28(19)22(21(20)25(27)31)23(29)15-7-5-4-6-8-15/h4-12,14,19-22H,2-3,13H2,1H3/t19-,20+,21+,22-/m0/s1. The van der Waals surface area contributed by atoms with Crippen LogP contribution in [0.2, 0.25) is 5.02 Å². The number of likely N-dealkylation sites (tertiary alicyclic amines) is 1. The lowest BCUT2D eigenvalue weighted by atomic mass is 9.86. The van der Waals surface area contributed by atoms with Gasteiger partial charge in [-0.25, -0.2) is 0 Å². The van der Waals surface area contributed by atoms with Gasteiger partial charge in [-0.05, 0) is 30.2 Å². The SMILES string of the molecule is CCCCN1C(=O)[C@@H]2[C@H](C1=O)[C@@H]1C=Cc3cc(Cl)ccc3N1[C@@H]2C(=O)c1ccccc1. The van der Waals surface area contributed by atoms with Crippen LogP contribution in [-0.4, -0.2) is 41.1 Å². The first-order chi connectivity index (χ1) is 15.0. The average Bonchev–Trinajstić information content (AvgIpc) is 3.25. The van der Waals surface area contributed by atoms with E-state index in [0.29, 0.717) is 17.1 Å². The van der Waals surface area contributed by atoms with Crippen LogP contribution in [0.3, 0.4) is 0 Å². The van der Waals surface area contributed by atoms with E-state index in [-0.39, 0.29) is 23.6 Å². The molecule has 2 aromatic rings. The number of amides is 2. The largest absolute Gasteiger partial charge is 0.352 e. The number of nitrogens with zero attached hydrogens (tertiary/aromatic N) is 2. The minimum atomic E-state index is -0.731. The summed E-state index contributed by atoms with van der Waals surface area (Å²) >= 11 is 6.19. The van der Waals surface area contributed by atoms with Gasteiger partial charge in [0, 0.05) is 22.8 Å². The highest BCUT2D eigenvalue weighted by Gasteiger charge is 2.63. The van der Waals surface area contributed by atoms with E-state index in [1.165, 1.54) is 4.90 Å². The molecule has 0 aromatic heterocycles. The molecule has 0 spiro atoms. The van der Waals surface area contributed by atoms with Gasteiger partial charge in [0.25, 0.3) is 0 Å². The summed E-state index contributed by atoms with van der Waals surface area (Å²) < 4.78 is 0. The zero-order chi connectivity index (χ0) is 21.7. The molecule has 0 aliphatic carbocycles. The minimum absolute atomic E-state index is 0.132. The van der Waals surface area contributed by atoms with Gasteiger partial charge in [-0.15, -0.1) is 0 Å². The second-order valence-corrected chi connectivity index (χ2v) is 8.80. The van der Waals surface area contributed by atoms with E-state index in [1.807, 2.05) is 54.3 Å². The zero-order valence-electron chi connectivity index (χ0n) is 17.2. The Balaban J connectivity index is 1.63. The number of rotatable bonds is 5. The van der Waals surface area contributed by atoms with Crippen LogP contribution in [0.1, 0.15) is 35.7 Å². The van der Waals surface area contributed by atoms with Crippen LogP contribution in [0.15, 0.2) is 54.6 Å². The average molecular weight is 435 g/mol. The second-order valence-electron chi connectivity index (χ2n) is 8.37. The first kappa shape index (κ1) is 20.0. The predicted octanol–water partition coefficient (Wildman–Crippen LogP) is 4.21. The van der Waals surface area contributed by atoms with Gasteiger partial charge in [0.05, 0.1) is 17.9 Å². The first-order valence-corrected chi connectivity index (χ1v) is 11.1. The lowest BCUT2D eigenvalue weighted by Gasteiger charge is -2.36. The smallest absolute Gasteiger partial charge is 0.235 e. The summed E-state index contributed by atoms with van der Waals surface area (Å²) in [6, 6.07) is 13.5. The molecule has 0 N–H and O–H groups in total. The maximum atomic E-state index is 13.7. The molecule has 31 heavy (non-hydrogen) atoms. The van der Waals surface area contributed by atoms with Crippen molar-refractivity contribution in [2.45, 2.75) is 31.8 Å². The summed E-state index contributed by atoms with van der Waals surface area (Å²) in [5.41, 5.74) is 2.27. The number of hydrogen-bond donors (Lipinski definition) is 0. The summed E-state index contributed by atoms with van der Waals surface area (Å²) in [5, 5.41) is 0.602. The minimum Gasteiger partial charge on any atom is -0.352 e. The Labute approximate surface area is 186 Å². The first-order valence-electron chi connectivity index (χ1n) is 10.7. The lowest BCUT2D eigenvalue weighted by molar-refractivity contribution is -0.140. The predicted molar refractivity (Wildman–Crippen MR) is 120 cm³/mol. The number of ketones is 1. The maximum absolute atomic E-state index is 13.7. The van der Waals surface area contributed by atoms with Crippen LogP contribution in [0.5, 0.6) is 0 Å². The van der Waals surface area contributed by atoms with E-state index in [4.69, 9.17) is 11.6 Å². The fourth-order valence-electron chi connectivity index (χ4n) is 5.22. The van der Waals surface area contributed by atoms with Crippen molar-refractivity contribution < 1.29 is 14.4 Å². The Kier molecular flexibility index (Phi) is 4.94. The van der Waals surface area contributed by atoms with E-state index in [9.17, 15) is 14.4 Å². The third-order valence-corrected chi connectivity index (χ3v) is 6.86. The molecule has 2 aromatic carbocycles. The third kappa shape index (κ3) is 3.02. The van der Waals surface area contributed by atoms with E-state index in [0.717, 1.165) is 24.1 Å². The van der Waals surface area contributed by atoms with E-state index in [1.54, 1.807) is 18.2 Å². The summed E-state index contributed by atoms with van der Waals surface area (Å²) in [6.07, 6.45) is 5.55. The Morgan fingerprint density at radius 1 is 1.03 bits per heavy atom. The van der Waals surface area contributed by atoms with Crippen molar-refractivity contribution in [3.63, 3.8) is 0 Å². The normalized spacial score (nSPS) is 26.1. The van der Waals surface area contributed by atoms with E-state index < -0.39 is 17.9 Å². The lowest BCUT2D eigenvalue weighted by Crippen LogP contribution is -2.48. The summed E-state index contributed by atoms with van der Waals surface area (Å²) in [4.78, 5) is 43.9. The highest BCUT2D eigenvalue weighted by Crippen LogP contribution is 2.49. The molecule has 2 amide bonds. The summed E-state index contributed by atoms with van der Waals surface area (Å²) in [7, 11) is 0. The van der Waals surface area contributed by atoms with E-state index >= 15 is 0 Å². The van der Waals surface area contributed by atoms with Gasteiger partial charge in [0.15, 0.2) is 5.78 Å². The number of unbranched alkanes of at least 4 members (excludes halogenated alkanes) is 1. The van der Waals surface area contributed by atoms with Crippen molar-refractivity contribution >= 4 is 41.0 Å². The number of imide groups is 1. The number of carbonyl (C=O) groups excluding carboxylic acids is 3. The molecular formula is C25H23ClN2O3. The molecular weight excluding hydrogens is 412 g/mol. The van der Waals surface area contributed by atoms with Crippen molar-refractivity contribution in [3.05, 3.63) is 70.8 Å². The number of anilines is 1. The molecule has 0 radical (unpaired) electrons. The molecule has 0 bridgehead atoms. The van der Waals surface area contributed by atoms with Gasteiger partial charge >= 0.3 is 0 Å². The van der Waals surface area contributed by atoms with Crippen LogP contribution in [-0.2, 0) is 9.59 Å². The maximum Gasteiger partial charge on any atom is 0.235 e. The number of hydrogen-bond acceptors (Lipinski definition) is 4.